The first-order chi connectivity index (χ1) is 13.4. The fourth-order valence-electron chi connectivity index (χ4n) is 3.41. The Morgan fingerprint density at radius 3 is 2.82 bits per heavy atom. The molecule has 4 rings (SSSR count). The number of aryl methyl sites for hydroxylation is 1. The van der Waals surface area contributed by atoms with Gasteiger partial charge in [0.05, 0.1) is 29.5 Å². The van der Waals surface area contributed by atoms with Gasteiger partial charge in [-0.15, -0.1) is 0 Å². The zero-order chi connectivity index (χ0) is 19.8. The summed E-state index contributed by atoms with van der Waals surface area (Å²) in [5, 5.41) is 2.86. The van der Waals surface area contributed by atoms with E-state index in [4.69, 9.17) is 9.47 Å². The van der Waals surface area contributed by atoms with Crippen LogP contribution in [0.25, 0.3) is 11.6 Å². The second kappa shape index (κ2) is 7.16. The largest absolute Gasteiger partial charge is 0.491 e. The molecule has 0 fully saturated rings. The third-order valence-corrected chi connectivity index (χ3v) is 4.94. The summed E-state index contributed by atoms with van der Waals surface area (Å²) >= 11 is 0. The Bertz CT molecular complexity index is 976. The first kappa shape index (κ1) is 18.3. The number of aromatic amines is 1. The lowest BCUT2D eigenvalue weighted by molar-refractivity contribution is -0.110. The molecule has 2 bridgehead atoms. The summed E-state index contributed by atoms with van der Waals surface area (Å²) in [5.41, 5.74) is 3.98. The number of hydrogen-bond donors (Lipinski definition) is 2. The Morgan fingerprint density at radius 1 is 1.18 bits per heavy atom. The number of H-pyrrole nitrogens is 1. The number of nitrogens with zero attached hydrogens (tertiary/aromatic N) is 1. The standard InChI is InChI=1S/C21H23N3O4/c1-12-8-17-19(22-12)10-16-15-9-14(4-5-18(15)23-20(16)25)28-11-13(2)27-7-6-24(3)21(17)26/h4-5,8-10,13,22H,6-7,11H2,1-3H3,(H,23,25)/b16-10-. The maximum absolute atomic E-state index is 12.9. The van der Waals surface area contributed by atoms with Gasteiger partial charge in [-0.05, 0) is 44.2 Å². The summed E-state index contributed by atoms with van der Waals surface area (Å²) in [6.07, 6.45) is 1.61. The van der Waals surface area contributed by atoms with E-state index < -0.39 is 0 Å². The van der Waals surface area contributed by atoms with Crippen molar-refractivity contribution in [3.63, 3.8) is 0 Å². The molecule has 28 heavy (non-hydrogen) atoms. The molecule has 2 amide bonds. The highest BCUT2D eigenvalue weighted by molar-refractivity contribution is 6.35. The fraction of sp³-hybridized carbons (Fsp3) is 0.333. The van der Waals surface area contributed by atoms with E-state index in [1.54, 1.807) is 24.1 Å². The topological polar surface area (TPSA) is 83.7 Å². The normalized spacial score (nSPS) is 21.8. The van der Waals surface area contributed by atoms with E-state index in [1.807, 2.05) is 32.0 Å². The van der Waals surface area contributed by atoms with Crippen LogP contribution in [0.5, 0.6) is 5.75 Å². The molecule has 2 aliphatic rings. The van der Waals surface area contributed by atoms with Gasteiger partial charge in [-0.3, -0.25) is 9.59 Å². The number of benzene rings is 1. The van der Waals surface area contributed by atoms with Gasteiger partial charge in [0.2, 0.25) is 0 Å². The van der Waals surface area contributed by atoms with E-state index in [-0.39, 0.29) is 17.9 Å². The van der Waals surface area contributed by atoms with Crippen LogP contribution in [0.15, 0.2) is 24.3 Å². The molecule has 0 radical (unpaired) electrons. The van der Waals surface area contributed by atoms with E-state index in [2.05, 4.69) is 10.3 Å². The van der Waals surface area contributed by atoms with Crippen molar-refractivity contribution in [3.8, 4) is 5.75 Å². The molecule has 3 heterocycles. The van der Waals surface area contributed by atoms with Crippen LogP contribution in [-0.4, -0.2) is 54.6 Å². The van der Waals surface area contributed by atoms with E-state index in [1.165, 1.54) is 0 Å². The average Bonchev–Trinajstić information content (AvgIpc) is 3.18. The van der Waals surface area contributed by atoms with Crippen LogP contribution >= 0.6 is 0 Å². The van der Waals surface area contributed by atoms with E-state index in [9.17, 15) is 9.59 Å². The zero-order valence-electron chi connectivity index (χ0n) is 16.2. The first-order valence-corrected chi connectivity index (χ1v) is 9.29. The lowest BCUT2D eigenvalue weighted by atomic mass is 10.0. The molecule has 7 nitrogen and oxygen atoms in total. The highest BCUT2D eigenvalue weighted by atomic mass is 16.5. The highest BCUT2D eigenvalue weighted by Gasteiger charge is 2.26. The van der Waals surface area contributed by atoms with E-state index in [0.29, 0.717) is 42.3 Å². The summed E-state index contributed by atoms with van der Waals surface area (Å²) in [7, 11) is 1.74. The first-order valence-electron chi connectivity index (χ1n) is 9.29. The molecule has 1 aromatic heterocycles. The summed E-state index contributed by atoms with van der Waals surface area (Å²) in [5.74, 6) is 0.348. The maximum Gasteiger partial charge on any atom is 0.256 e. The molecule has 1 aromatic carbocycles. The monoisotopic (exact) mass is 381 g/mol. The zero-order valence-corrected chi connectivity index (χ0v) is 16.2. The summed E-state index contributed by atoms with van der Waals surface area (Å²) in [6, 6.07) is 7.30. The maximum atomic E-state index is 12.9. The molecule has 0 aliphatic carbocycles. The van der Waals surface area contributed by atoms with Gasteiger partial charge in [0, 0.05) is 30.5 Å². The molecular weight excluding hydrogens is 358 g/mol. The smallest absolute Gasteiger partial charge is 0.256 e. The molecule has 7 heteroatoms. The van der Waals surface area contributed by atoms with Crippen LogP contribution in [-0.2, 0) is 9.53 Å². The minimum Gasteiger partial charge on any atom is -0.491 e. The Kier molecular flexibility index (Phi) is 4.68. The molecule has 0 spiro atoms. The van der Waals surface area contributed by atoms with Gasteiger partial charge in [0.1, 0.15) is 12.4 Å². The van der Waals surface area contributed by atoms with Crippen LogP contribution in [0.4, 0.5) is 5.69 Å². The number of carbonyl (C=O) groups is 2. The van der Waals surface area contributed by atoms with Crippen molar-refractivity contribution in [2.75, 3.05) is 32.1 Å². The van der Waals surface area contributed by atoms with Crippen molar-refractivity contribution in [2.24, 2.45) is 0 Å². The van der Waals surface area contributed by atoms with Crippen molar-refractivity contribution in [3.05, 3.63) is 46.8 Å². The van der Waals surface area contributed by atoms with E-state index >= 15 is 0 Å². The number of carbonyl (C=O) groups excluding carboxylic acids is 2. The predicted octanol–water partition coefficient (Wildman–Crippen LogP) is 2.69. The fourth-order valence-corrected chi connectivity index (χ4v) is 3.41. The molecule has 2 N–H and O–H groups in total. The Hall–Kier alpha value is -3.06. The SMILES string of the molecule is Cc1cc2c([nH]1)/C=C1\C(=O)Nc3ccc(cc31)OCC(C)OCCN(C)C2=O. The quantitative estimate of drug-likeness (QED) is 0.735. The number of anilines is 1. The van der Waals surface area contributed by atoms with Crippen LogP contribution in [0.3, 0.4) is 0 Å². The van der Waals surface area contributed by atoms with Gasteiger partial charge in [-0.2, -0.15) is 0 Å². The summed E-state index contributed by atoms with van der Waals surface area (Å²) in [4.78, 5) is 30.3. The van der Waals surface area contributed by atoms with Gasteiger partial charge in [0.25, 0.3) is 11.8 Å². The Balaban J connectivity index is 1.83. The van der Waals surface area contributed by atoms with Crippen LogP contribution in [0.2, 0.25) is 0 Å². The lowest BCUT2D eigenvalue weighted by Crippen LogP contribution is -2.32. The van der Waals surface area contributed by atoms with Crippen molar-refractivity contribution >= 4 is 29.2 Å². The highest BCUT2D eigenvalue weighted by Crippen LogP contribution is 2.36. The Labute approximate surface area is 163 Å². The van der Waals surface area contributed by atoms with Gasteiger partial charge in [-0.25, -0.2) is 0 Å². The number of aromatic nitrogens is 1. The third kappa shape index (κ3) is 3.41. The van der Waals surface area contributed by atoms with Crippen LogP contribution in [0, 0.1) is 6.92 Å². The number of fused-ring (bicyclic) bond motifs is 2. The minimum atomic E-state index is -0.202. The van der Waals surface area contributed by atoms with Crippen molar-refractivity contribution in [1.82, 2.24) is 9.88 Å². The second-order valence-electron chi connectivity index (χ2n) is 7.22. The van der Waals surface area contributed by atoms with Crippen molar-refractivity contribution in [2.45, 2.75) is 20.0 Å². The predicted molar refractivity (Wildman–Crippen MR) is 106 cm³/mol. The molecule has 1 atom stereocenters. The molecular formula is C21H23N3O4. The Morgan fingerprint density at radius 2 is 2.00 bits per heavy atom. The van der Waals surface area contributed by atoms with Gasteiger partial charge in [0.15, 0.2) is 0 Å². The van der Waals surface area contributed by atoms with E-state index in [0.717, 1.165) is 16.9 Å². The van der Waals surface area contributed by atoms with Crippen molar-refractivity contribution in [1.29, 1.82) is 0 Å². The number of amides is 2. The second-order valence-corrected chi connectivity index (χ2v) is 7.22. The molecule has 2 aromatic rings. The average molecular weight is 381 g/mol. The summed E-state index contributed by atoms with van der Waals surface area (Å²) < 4.78 is 11.6. The van der Waals surface area contributed by atoms with Crippen LogP contribution in [0.1, 0.15) is 34.2 Å². The van der Waals surface area contributed by atoms with Crippen LogP contribution < -0.4 is 10.1 Å². The molecule has 1 unspecified atom stereocenters. The third-order valence-electron chi connectivity index (χ3n) is 4.94. The number of ether oxygens (including phenoxy) is 2. The number of nitrogens with one attached hydrogen (secondary N) is 2. The molecule has 146 valence electrons. The molecule has 2 aliphatic heterocycles. The molecule has 0 saturated carbocycles. The van der Waals surface area contributed by atoms with Crippen molar-refractivity contribution < 1.29 is 19.1 Å². The van der Waals surface area contributed by atoms with Gasteiger partial charge < -0.3 is 24.7 Å². The number of likely N-dealkylation sites (N-methyl/N-ethyl adjacent to an activating group) is 1. The van der Waals surface area contributed by atoms with Gasteiger partial charge in [-0.1, -0.05) is 0 Å². The lowest BCUT2D eigenvalue weighted by Gasteiger charge is -2.19. The number of hydrogen-bond acceptors (Lipinski definition) is 4. The minimum absolute atomic E-state index is 0.119. The summed E-state index contributed by atoms with van der Waals surface area (Å²) in [6.45, 7) is 5.07. The molecule has 0 saturated heterocycles. The number of rotatable bonds is 0. The van der Waals surface area contributed by atoms with Gasteiger partial charge >= 0.3 is 0 Å².